The monoisotopic (exact) mass is 282 g/mol. The fraction of sp³-hybridized carbons (Fsp3) is 0.125. The normalized spacial score (nSPS) is 12.3. The molecule has 0 saturated heterocycles. The van der Waals surface area contributed by atoms with E-state index in [2.05, 4.69) is 15.2 Å². The van der Waals surface area contributed by atoms with Crippen LogP contribution in [0, 0.1) is 5.82 Å². The van der Waals surface area contributed by atoms with Gasteiger partial charge < -0.3 is 5.73 Å². The first kappa shape index (κ1) is 13.5. The number of pyridine rings is 1. The maximum atomic E-state index is 13.1. The molecule has 0 aliphatic rings. The van der Waals surface area contributed by atoms with Crippen molar-refractivity contribution in [2.45, 2.75) is 13.0 Å². The Morgan fingerprint density at radius 1 is 1.05 bits per heavy atom. The van der Waals surface area contributed by atoms with Gasteiger partial charge in [0.2, 0.25) is 0 Å². The lowest BCUT2D eigenvalue weighted by molar-refractivity contribution is 0.628. The second-order valence-electron chi connectivity index (χ2n) is 4.89. The number of nitrogens with one attached hydrogen (secondary N) is 1. The van der Waals surface area contributed by atoms with E-state index >= 15 is 0 Å². The largest absolute Gasteiger partial charge is 0.323 e. The lowest BCUT2D eigenvalue weighted by Gasteiger charge is -2.08. The third-order valence-electron chi connectivity index (χ3n) is 3.34. The summed E-state index contributed by atoms with van der Waals surface area (Å²) in [6.45, 7) is 1.90. The van der Waals surface area contributed by atoms with Crippen LogP contribution in [0.25, 0.3) is 22.4 Å². The highest BCUT2D eigenvalue weighted by Gasteiger charge is 2.18. The maximum absolute atomic E-state index is 13.1. The molecule has 0 radical (unpaired) electrons. The van der Waals surface area contributed by atoms with E-state index in [1.807, 2.05) is 19.1 Å². The number of hydrogen-bond acceptors (Lipinski definition) is 3. The zero-order valence-corrected chi connectivity index (χ0v) is 11.5. The van der Waals surface area contributed by atoms with Crippen LogP contribution in [0.2, 0.25) is 0 Å². The second kappa shape index (κ2) is 5.46. The summed E-state index contributed by atoms with van der Waals surface area (Å²) in [4.78, 5) is 4.03. The van der Waals surface area contributed by atoms with Crippen LogP contribution in [-0.2, 0) is 0 Å². The molecular weight excluding hydrogens is 267 g/mol. The molecule has 0 amide bonds. The Morgan fingerprint density at radius 2 is 1.71 bits per heavy atom. The van der Waals surface area contributed by atoms with Gasteiger partial charge in [-0.15, -0.1) is 0 Å². The van der Waals surface area contributed by atoms with Crippen LogP contribution in [-0.4, -0.2) is 15.2 Å². The first-order valence-electron chi connectivity index (χ1n) is 6.67. The maximum Gasteiger partial charge on any atom is 0.123 e. The minimum atomic E-state index is -0.271. The van der Waals surface area contributed by atoms with Crippen molar-refractivity contribution in [3.8, 4) is 22.4 Å². The standard InChI is InChI=1S/C16H15FN4/c1-10(18)15-14(11-6-8-19-9-7-11)16(21-20-15)12-2-4-13(17)5-3-12/h2-10H,18H2,1H3,(H,20,21). The van der Waals surface area contributed by atoms with E-state index in [4.69, 9.17) is 5.73 Å². The smallest absolute Gasteiger partial charge is 0.123 e. The molecule has 3 rings (SSSR count). The number of H-pyrrole nitrogens is 1. The van der Waals surface area contributed by atoms with Crippen LogP contribution in [0.3, 0.4) is 0 Å². The highest BCUT2D eigenvalue weighted by Crippen LogP contribution is 2.34. The Hall–Kier alpha value is -2.53. The Balaban J connectivity index is 2.20. The van der Waals surface area contributed by atoms with Crippen LogP contribution < -0.4 is 5.73 Å². The zero-order chi connectivity index (χ0) is 14.8. The number of aromatic amines is 1. The Labute approximate surface area is 121 Å². The Morgan fingerprint density at radius 3 is 2.33 bits per heavy atom. The van der Waals surface area contributed by atoms with Crippen molar-refractivity contribution in [3.63, 3.8) is 0 Å². The number of hydrogen-bond donors (Lipinski definition) is 2. The molecule has 0 fully saturated rings. The molecule has 4 nitrogen and oxygen atoms in total. The molecule has 0 spiro atoms. The second-order valence-corrected chi connectivity index (χ2v) is 4.89. The molecule has 1 aromatic carbocycles. The molecule has 106 valence electrons. The molecule has 3 aromatic rings. The van der Waals surface area contributed by atoms with Crippen LogP contribution in [0.5, 0.6) is 0 Å². The minimum Gasteiger partial charge on any atom is -0.323 e. The van der Waals surface area contributed by atoms with Gasteiger partial charge in [-0.3, -0.25) is 10.1 Å². The summed E-state index contributed by atoms with van der Waals surface area (Å²) in [6, 6.07) is 9.89. The van der Waals surface area contributed by atoms with Crippen molar-refractivity contribution >= 4 is 0 Å². The van der Waals surface area contributed by atoms with E-state index in [-0.39, 0.29) is 11.9 Å². The first-order chi connectivity index (χ1) is 10.2. The van der Waals surface area contributed by atoms with Crippen LogP contribution in [0.15, 0.2) is 48.8 Å². The van der Waals surface area contributed by atoms with E-state index in [1.165, 1.54) is 12.1 Å². The molecular formula is C16H15FN4. The number of nitrogens with two attached hydrogens (primary N) is 1. The SMILES string of the molecule is CC(N)c1[nH]nc(-c2ccc(F)cc2)c1-c1ccncc1. The van der Waals surface area contributed by atoms with Crippen LogP contribution >= 0.6 is 0 Å². The van der Waals surface area contributed by atoms with E-state index < -0.39 is 0 Å². The van der Waals surface area contributed by atoms with Crippen molar-refractivity contribution in [3.05, 3.63) is 60.3 Å². The predicted octanol–water partition coefficient (Wildman–Crippen LogP) is 3.30. The van der Waals surface area contributed by atoms with Gasteiger partial charge in [-0.1, -0.05) is 0 Å². The van der Waals surface area contributed by atoms with Gasteiger partial charge in [0.1, 0.15) is 11.5 Å². The molecule has 1 unspecified atom stereocenters. The summed E-state index contributed by atoms with van der Waals surface area (Å²) < 4.78 is 13.1. The lowest BCUT2D eigenvalue weighted by Crippen LogP contribution is -2.06. The molecule has 0 aliphatic carbocycles. The molecule has 21 heavy (non-hydrogen) atoms. The van der Waals surface area contributed by atoms with Crippen molar-refractivity contribution < 1.29 is 4.39 Å². The minimum absolute atomic E-state index is 0.185. The molecule has 0 saturated carbocycles. The fourth-order valence-corrected chi connectivity index (χ4v) is 2.31. The summed E-state index contributed by atoms with van der Waals surface area (Å²) in [5, 5.41) is 7.36. The Bertz CT molecular complexity index is 733. The zero-order valence-electron chi connectivity index (χ0n) is 11.5. The molecule has 0 aliphatic heterocycles. The van der Waals surface area contributed by atoms with Gasteiger partial charge in [-0.05, 0) is 48.9 Å². The first-order valence-corrected chi connectivity index (χ1v) is 6.67. The van der Waals surface area contributed by atoms with E-state index in [0.29, 0.717) is 0 Å². The summed E-state index contributed by atoms with van der Waals surface area (Å²) in [5.74, 6) is -0.271. The summed E-state index contributed by atoms with van der Waals surface area (Å²) in [5.41, 5.74) is 10.4. The van der Waals surface area contributed by atoms with Gasteiger partial charge in [0, 0.05) is 29.6 Å². The van der Waals surface area contributed by atoms with Gasteiger partial charge >= 0.3 is 0 Å². The number of aromatic nitrogens is 3. The summed E-state index contributed by atoms with van der Waals surface area (Å²) >= 11 is 0. The summed E-state index contributed by atoms with van der Waals surface area (Å²) in [6.07, 6.45) is 3.45. The number of benzene rings is 1. The lowest BCUT2D eigenvalue weighted by atomic mass is 9.97. The quantitative estimate of drug-likeness (QED) is 0.774. The van der Waals surface area contributed by atoms with Crippen LogP contribution in [0.1, 0.15) is 18.7 Å². The topological polar surface area (TPSA) is 67.6 Å². The average Bonchev–Trinajstić information content (AvgIpc) is 2.94. The van der Waals surface area contributed by atoms with Crippen molar-refractivity contribution in [2.24, 2.45) is 5.73 Å². The van der Waals surface area contributed by atoms with E-state index in [0.717, 1.165) is 28.1 Å². The van der Waals surface area contributed by atoms with E-state index in [1.54, 1.807) is 24.5 Å². The van der Waals surface area contributed by atoms with E-state index in [9.17, 15) is 4.39 Å². The highest BCUT2D eigenvalue weighted by atomic mass is 19.1. The third kappa shape index (κ3) is 2.55. The molecule has 1 atom stereocenters. The van der Waals surface area contributed by atoms with Crippen molar-refractivity contribution in [1.82, 2.24) is 15.2 Å². The predicted molar refractivity (Wildman–Crippen MR) is 79.8 cm³/mol. The third-order valence-corrected chi connectivity index (χ3v) is 3.34. The molecule has 0 bridgehead atoms. The van der Waals surface area contributed by atoms with Gasteiger partial charge in [-0.2, -0.15) is 5.10 Å². The van der Waals surface area contributed by atoms with Crippen LogP contribution in [0.4, 0.5) is 4.39 Å². The number of halogens is 1. The molecule has 2 aromatic heterocycles. The Kier molecular flexibility index (Phi) is 3.50. The fourth-order valence-electron chi connectivity index (χ4n) is 2.31. The molecule has 3 N–H and O–H groups in total. The van der Waals surface area contributed by atoms with Gasteiger partial charge in [-0.25, -0.2) is 4.39 Å². The molecule has 5 heteroatoms. The highest BCUT2D eigenvalue weighted by molar-refractivity contribution is 5.82. The van der Waals surface area contributed by atoms with Crippen molar-refractivity contribution in [2.75, 3.05) is 0 Å². The summed E-state index contributed by atoms with van der Waals surface area (Å²) in [7, 11) is 0. The van der Waals surface area contributed by atoms with Gasteiger partial charge in [0.25, 0.3) is 0 Å². The number of nitrogens with zero attached hydrogens (tertiary/aromatic N) is 2. The average molecular weight is 282 g/mol. The van der Waals surface area contributed by atoms with Crippen molar-refractivity contribution in [1.29, 1.82) is 0 Å². The van der Waals surface area contributed by atoms with Gasteiger partial charge in [0.05, 0.1) is 5.69 Å². The van der Waals surface area contributed by atoms with Gasteiger partial charge in [0.15, 0.2) is 0 Å². The molecule has 2 heterocycles. The number of rotatable bonds is 3.